The van der Waals surface area contributed by atoms with Crippen LogP contribution in [0.3, 0.4) is 0 Å². The molecule has 5 rings (SSSR count). The third kappa shape index (κ3) is 3.77. The summed E-state index contributed by atoms with van der Waals surface area (Å²) < 4.78 is 23.6. The predicted molar refractivity (Wildman–Crippen MR) is 104 cm³/mol. The van der Waals surface area contributed by atoms with Crippen molar-refractivity contribution in [3.63, 3.8) is 0 Å². The second kappa shape index (κ2) is 7.88. The smallest absolute Gasteiger partial charge is 0.231 e. The van der Waals surface area contributed by atoms with E-state index in [0.29, 0.717) is 23.1 Å². The highest BCUT2D eigenvalue weighted by Gasteiger charge is 2.17. The molecule has 3 heterocycles. The van der Waals surface area contributed by atoms with E-state index >= 15 is 0 Å². The second-order valence-corrected chi connectivity index (χ2v) is 7.10. The number of hydrogen-bond donors (Lipinski definition) is 0. The van der Waals surface area contributed by atoms with Crippen LogP contribution in [0.25, 0.3) is 5.69 Å². The molecule has 0 fully saturated rings. The highest BCUT2D eigenvalue weighted by atomic mass is 32.2. The van der Waals surface area contributed by atoms with Gasteiger partial charge in [-0.05, 0) is 24.3 Å². The van der Waals surface area contributed by atoms with Gasteiger partial charge in [-0.2, -0.15) is 0 Å². The van der Waals surface area contributed by atoms with Crippen molar-refractivity contribution in [2.75, 3.05) is 6.79 Å². The first-order valence-electron chi connectivity index (χ1n) is 8.91. The van der Waals surface area contributed by atoms with Crippen LogP contribution in [0.2, 0.25) is 0 Å². The van der Waals surface area contributed by atoms with Crippen molar-refractivity contribution in [2.24, 2.45) is 0 Å². The van der Waals surface area contributed by atoms with E-state index in [4.69, 9.17) is 18.7 Å². The standard InChI is InChI=1S/C20H16N4O4S/c1-2-4-15(5-3-1)24-19(21-22-20(24)29-12-14-8-9-28-23-14)11-25-16-6-7-17-18(10-16)27-13-26-17/h1-10H,11-13H2. The minimum atomic E-state index is 0.229. The Morgan fingerprint density at radius 3 is 2.76 bits per heavy atom. The summed E-state index contributed by atoms with van der Waals surface area (Å²) in [4.78, 5) is 0. The van der Waals surface area contributed by atoms with Gasteiger partial charge in [0.2, 0.25) is 6.79 Å². The molecule has 2 aromatic heterocycles. The molecule has 0 aliphatic carbocycles. The topological polar surface area (TPSA) is 84.4 Å². The Kier molecular flexibility index (Phi) is 4.79. The Morgan fingerprint density at radius 2 is 1.90 bits per heavy atom. The first-order valence-corrected chi connectivity index (χ1v) is 9.89. The molecule has 146 valence electrons. The Hall–Kier alpha value is -3.46. The number of thioether (sulfide) groups is 1. The van der Waals surface area contributed by atoms with Crippen LogP contribution in [-0.2, 0) is 12.4 Å². The molecule has 0 amide bonds. The van der Waals surface area contributed by atoms with Crippen molar-refractivity contribution in [3.8, 4) is 22.9 Å². The molecule has 0 bridgehead atoms. The molecule has 0 atom stereocenters. The van der Waals surface area contributed by atoms with Crippen molar-refractivity contribution in [3.05, 3.63) is 72.4 Å². The van der Waals surface area contributed by atoms with Gasteiger partial charge >= 0.3 is 0 Å². The van der Waals surface area contributed by atoms with Crippen LogP contribution in [0.5, 0.6) is 17.2 Å². The summed E-state index contributed by atoms with van der Waals surface area (Å²) in [6.07, 6.45) is 1.56. The number of hydrogen-bond acceptors (Lipinski definition) is 8. The summed E-state index contributed by atoms with van der Waals surface area (Å²) in [5.74, 6) is 3.39. The average Bonchev–Trinajstić information content (AvgIpc) is 3.51. The molecule has 8 nitrogen and oxygen atoms in total. The summed E-state index contributed by atoms with van der Waals surface area (Å²) in [5, 5.41) is 13.4. The van der Waals surface area contributed by atoms with E-state index in [9.17, 15) is 0 Å². The van der Waals surface area contributed by atoms with Gasteiger partial charge in [-0.15, -0.1) is 10.2 Å². The number of ether oxygens (including phenoxy) is 3. The SMILES string of the molecule is c1ccc(-n2c(COc3ccc4c(c3)OCO4)nnc2SCc2ccon2)cc1. The summed E-state index contributed by atoms with van der Waals surface area (Å²) in [5.41, 5.74) is 1.81. The number of aromatic nitrogens is 4. The molecule has 0 unspecified atom stereocenters. The van der Waals surface area contributed by atoms with Gasteiger partial charge < -0.3 is 18.7 Å². The van der Waals surface area contributed by atoms with E-state index in [-0.39, 0.29) is 13.4 Å². The van der Waals surface area contributed by atoms with E-state index in [1.54, 1.807) is 6.26 Å². The molecule has 0 N–H and O–H groups in total. The van der Waals surface area contributed by atoms with Crippen LogP contribution >= 0.6 is 11.8 Å². The fraction of sp³-hybridized carbons (Fsp3) is 0.150. The summed E-state index contributed by atoms with van der Waals surface area (Å²) in [6, 6.07) is 17.3. The molecule has 9 heteroatoms. The van der Waals surface area contributed by atoms with E-state index < -0.39 is 0 Å². The van der Waals surface area contributed by atoms with Crippen LogP contribution in [0.4, 0.5) is 0 Å². The van der Waals surface area contributed by atoms with Gasteiger partial charge in [0.25, 0.3) is 0 Å². The minimum absolute atomic E-state index is 0.229. The van der Waals surface area contributed by atoms with E-state index in [1.165, 1.54) is 11.8 Å². The number of fused-ring (bicyclic) bond motifs is 1. The largest absolute Gasteiger partial charge is 0.485 e. The molecule has 0 radical (unpaired) electrons. The number of rotatable bonds is 7. The first kappa shape index (κ1) is 17.6. The van der Waals surface area contributed by atoms with Crippen LogP contribution in [0.1, 0.15) is 11.5 Å². The fourth-order valence-electron chi connectivity index (χ4n) is 2.89. The van der Waals surface area contributed by atoms with E-state index in [0.717, 1.165) is 22.3 Å². The van der Waals surface area contributed by atoms with Gasteiger partial charge in [0.1, 0.15) is 18.6 Å². The molecular formula is C20H16N4O4S. The second-order valence-electron chi connectivity index (χ2n) is 6.15. The number of nitrogens with zero attached hydrogens (tertiary/aromatic N) is 4. The Labute approximate surface area is 170 Å². The highest BCUT2D eigenvalue weighted by Crippen LogP contribution is 2.35. The van der Waals surface area contributed by atoms with Crippen LogP contribution < -0.4 is 14.2 Å². The summed E-state index contributed by atoms with van der Waals surface area (Å²) in [7, 11) is 0. The van der Waals surface area contributed by atoms with E-state index in [1.807, 2.05) is 59.2 Å². The molecule has 1 aliphatic rings. The quantitative estimate of drug-likeness (QED) is 0.426. The van der Waals surface area contributed by atoms with Crippen molar-refractivity contribution in [2.45, 2.75) is 17.5 Å². The molecule has 2 aromatic carbocycles. The summed E-state index contributed by atoms with van der Waals surface area (Å²) >= 11 is 1.53. The normalized spacial score (nSPS) is 12.3. The maximum absolute atomic E-state index is 5.95. The maximum Gasteiger partial charge on any atom is 0.231 e. The fourth-order valence-corrected chi connectivity index (χ4v) is 3.75. The average molecular weight is 408 g/mol. The molecule has 0 saturated carbocycles. The van der Waals surface area contributed by atoms with Crippen LogP contribution in [0.15, 0.2) is 70.5 Å². The van der Waals surface area contributed by atoms with Crippen molar-refractivity contribution in [1.82, 2.24) is 19.9 Å². The minimum Gasteiger partial charge on any atom is -0.485 e. The zero-order valence-corrected chi connectivity index (χ0v) is 16.0. The van der Waals surface area contributed by atoms with E-state index in [2.05, 4.69) is 15.4 Å². The molecule has 1 aliphatic heterocycles. The molecular weight excluding hydrogens is 392 g/mol. The Bertz CT molecular complexity index is 1100. The third-order valence-corrected chi connectivity index (χ3v) is 5.23. The Morgan fingerprint density at radius 1 is 1.00 bits per heavy atom. The van der Waals surface area contributed by atoms with Crippen molar-refractivity contribution in [1.29, 1.82) is 0 Å². The highest BCUT2D eigenvalue weighted by molar-refractivity contribution is 7.98. The van der Waals surface area contributed by atoms with Gasteiger partial charge in [-0.1, -0.05) is 35.1 Å². The molecule has 29 heavy (non-hydrogen) atoms. The Balaban J connectivity index is 1.38. The van der Waals surface area contributed by atoms with Crippen LogP contribution in [-0.4, -0.2) is 26.7 Å². The monoisotopic (exact) mass is 408 g/mol. The third-order valence-electron chi connectivity index (χ3n) is 4.27. The first-order chi connectivity index (χ1) is 14.4. The van der Waals surface area contributed by atoms with Crippen LogP contribution in [0, 0.1) is 0 Å². The lowest BCUT2D eigenvalue weighted by Gasteiger charge is -2.11. The lowest BCUT2D eigenvalue weighted by Crippen LogP contribution is -2.06. The van der Waals surface area contributed by atoms with Gasteiger partial charge in [0, 0.05) is 23.6 Å². The van der Waals surface area contributed by atoms with Crippen molar-refractivity contribution >= 4 is 11.8 Å². The predicted octanol–water partition coefficient (Wildman–Crippen LogP) is 3.86. The molecule has 0 saturated heterocycles. The van der Waals surface area contributed by atoms with Gasteiger partial charge in [-0.25, -0.2) is 0 Å². The zero-order chi connectivity index (χ0) is 19.5. The zero-order valence-electron chi connectivity index (χ0n) is 15.2. The maximum atomic E-state index is 5.95. The van der Waals surface area contributed by atoms with Gasteiger partial charge in [0.15, 0.2) is 22.5 Å². The van der Waals surface area contributed by atoms with Gasteiger partial charge in [0.05, 0.1) is 5.69 Å². The van der Waals surface area contributed by atoms with Gasteiger partial charge in [-0.3, -0.25) is 4.57 Å². The molecule has 0 spiro atoms. The lowest BCUT2D eigenvalue weighted by atomic mass is 10.3. The number of para-hydroxylation sites is 1. The van der Waals surface area contributed by atoms with Crippen molar-refractivity contribution < 1.29 is 18.7 Å². The number of benzene rings is 2. The summed E-state index contributed by atoms with van der Waals surface area (Å²) in [6.45, 7) is 0.485. The lowest BCUT2D eigenvalue weighted by molar-refractivity contribution is 0.173. The molecule has 4 aromatic rings.